The van der Waals surface area contributed by atoms with E-state index in [0.29, 0.717) is 0 Å². The van der Waals surface area contributed by atoms with Crippen molar-refractivity contribution in [1.82, 2.24) is 0 Å². The van der Waals surface area contributed by atoms with Gasteiger partial charge in [-0.2, -0.15) is 0 Å². The van der Waals surface area contributed by atoms with E-state index in [1.807, 2.05) is 0 Å². The highest BCUT2D eigenvalue weighted by Gasteiger charge is 2.51. The number of rotatable bonds is 5. The van der Waals surface area contributed by atoms with Crippen LogP contribution in [-0.2, 0) is 5.41 Å². The maximum absolute atomic E-state index is 6.74. The van der Waals surface area contributed by atoms with Crippen molar-refractivity contribution in [3.05, 3.63) is 247 Å². The van der Waals surface area contributed by atoms with Crippen molar-refractivity contribution >= 4 is 49.8 Å². The second kappa shape index (κ2) is 13.0. The molecule has 1 aromatic heterocycles. The third kappa shape index (κ3) is 4.85. The molecule has 2 aliphatic carbocycles. The molecule has 11 aromatic rings. The zero-order chi connectivity index (χ0) is 40.1. The minimum absolute atomic E-state index is 0.466. The largest absolute Gasteiger partial charge is 0.456 e. The molecule has 13 rings (SSSR count). The van der Waals surface area contributed by atoms with E-state index in [0.717, 1.165) is 50.1 Å². The van der Waals surface area contributed by atoms with Crippen LogP contribution in [0.15, 0.2) is 229 Å². The Morgan fingerprint density at radius 3 is 1.49 bits per heavy atom. The zero-order valence-corrected chi connectivity index (χ0v) is 33.2. The minimum atomic E-state index is -0.466. The fourth-order valence-electron chi connectivity index (χ4n) is 10.7. The summed E-state index contributed by atoms with van der Waals surface area (Å²) < 4.78 is 6.74. The number of hydrogen-bond acceptors (Lipinski definition) is 2. The molecule has 0 amide bonds. The van der Waals surface area contributed by atoms with E-state index in [1.54, 1.807) is 0 Å². The summed E-state index contributed by atoms with van der Waals surface area (Å²) in [6, 6.07) is 82.3. The summed E-state index contributed by atoms with van der Waals surface area (Å²) in [4.78, 5) is 2.47. The van der Waals surface area contributed by atoms with Gasteiger partial charge in [0.1, 0.15) is 11.2 Å². The monoisotopic (exact) mass is 775 g/mol. The molecule has 0 bridgehead atoms. The molecule has 2 nitrogen and oxygen atoms in total. The third-order valence-electron chi connectivity index (χ3n) is 13.3. The molecule has 61 heavy (non-hydrogen) atoms. The molecule has 10 aromatic carbocycles. The van der Waals surface area contributed by atoms with Gasteiger partial charge in [-0.3, -0.25) is 0 Å². The number of fused-ring (bicyclic) bond motifs is 14. The second-order valence-electron chi connectivity index (χ2n) is 16.4. The van der Waals surface area contributed by atoms with Crippen LogP contribution in [0.5, 0.6) is 0 Å². The van der Waals surface area contributed by atoms with Crippen molar-refractivity contribution < 1.29 is 4.42 Å². The average molecular weight is 776 g/mol. The van der Waals surface area contributed by atoms with Crippen molar-refractivity contribution in [1.29, 1.82) is 0 Å². The van der Waals surface area contributed by atoms with Crippen molar-refractivity contribution in [2.45, 2.75) is 5.41 Å². The Bertz CT molecular complexity index is 3460. The first-order chi connectivity index (χ1) is 30.3. The molecule has 0 saturated heterocycles. The predicted octanol–water partition coefficient (Wildman–Crippen LogP) is 15.9. The van der Waals surface area contributed by atoms with Gasteiger partial charge in [0, 0.05) is 27.7 Å². The fourth-order valence-corrected chi connectivity index (χ4v) is 10.7. The summed E-state index contributed by atoms with van der Waals surface area (Å²) in [6.07, 6.45) is 0. The summed E-state index contributed by atoms with van der Waals surface area (Å²) in [5.74, 6) is 0. The number of furan rings is 1. The van der Waals surface area contributed by atoms with Crippen LogP contribution in [0, 0.1) is 0 Å². The summed E-state index contributed by atoms with van der Waals surface area (Å²) in [7, 11) is 0. The Balaban J connectivity index is 1.12. The van der Waals surface area contributed by atoms with E-state index in [4.69, 9.17) is 4.42 Å². The van der Waals surface area contributed by atoms with E-state index in [9.17, 15) is 0 Å². The molecule has 0 unspecified atom stereocenters. The SMILES string of the molecule is c1ccc(-c2ccc(N(c3ccc4c(c3)C3(c5ccccc5-c5ccccc53)c3ccccc3-4)c3ccc4oc5cc6ccccc6cc5c4c3-c3ccccc3)cc2)cc1. The van der Waals surface area contributed by atoms with Crippen LogP contribution in [0.3, 0.4) is 0 Å². The third-order valence-corrected chi connectivity index (χ3v) is 13.3. The summed E-state index contributed by atoms with van der Waals surface area (Å²) in [5.41, 5.74) is 19.7. The highest BCUT2D eigenvalue weighted by molar-refractivity contribution is 6.18. The molecule has 0 fully saturated rings. The molecular weight excluding hydrogens is 739 g/mol. The first kappa shape index (κ1) is 34.0. The molecule has 284 valence electrons. The lowest BCUT2D eigenvalue weighted by Crippen LogP contribution is -2.26. The standard InChI is InChI=1S/C59H37NO/c1-3-15-38(16-4-1)39-27-29-43(30-28-39)60(54-33-34-55-58(57(54)40-17-5-2-6-18-40)49-35-41-19-7-8-20-42(41)36-56(49)61-55)44-31-32-48-47-23-11-14-26-52(47)59(53(48)37-44)50-24-12-9-21-45(50)46-22-10-13-25-51(46)59/h1-37H. The Labute approximate surface area is 354 Å². The van der Waals surface area contributed by atoms with Crippen molar-refractivity contribution in [3.63, 3.8) is 0 Å². The van der Waals surface area contributed by atoms with Crippen molar-refractivity contribution in [2.24, 2.45) is 0 Å². The van der Waals surface area contributed by atoms with Gasteiger partial charge in [-0.25, -0.2) is 0 Å². The molecule has 0 atom stereocenters. The van der Waals surface area contributed by atoms with Crippen molar-refractivity contribution in [3.8, 4) is 44.5 Å². The van der Waals surface area contributed by atoms with Crippen LogP contribution in [-0.4, -0.2) is 0 Å². The van der Waals surface area contributed by atoms with Crippen LogP contribution >= 0.6 is 0 Å². The lowest BCUT2D eigenvalue weighted by molar-refractivity contribution is 0.669. The number of anilines is 3. The van der Waals surface area contributed by atoms with Gasteiger partial charge in [0.15, 0.2) is 0 Å². The average Bonchev–Trinajstić information content (AvgIpc) is 3.95. The van der Waals surface area contributed by atoms with Gasteiger partial charge in [-0.05, 0) is 121 Å². The van der Waals surface area contributed by atoms with Gasteiger partial charge in [-0.15, -0.1) is 0 Å². The smallest absolute Gasteiger partial charge is 0.136 e. The number of benzene rings is 10. The van der Waals surface area contributed by atoms with E-state index < -0.39 is 5.41 Å². The van der Waals surface area contributed by atoms with Crippen molar-refractivity contribution in [2.75, 3.05) is 4.90 Å². The number of hydrogen-bond donors (Lipinski definition) is 0. The highest BCUT2D eigenvalue weighted by atomic mass is 16.3. The topological polar surface area (TPSA) is 16.4 Å². The summed E-state index contributed by atoms with van der Waals surface area (Å²) in [6.45, 7) is 0. The van der Waals surface area contributed by atoms with Gasteiger partial charge in [0.2, 0.25) is 0 Å². The summed E-state index contributed by atoms with van der Waals surface area (Å²) in [5, 5.41) is 4.57. The molecule has 0 saturated carbocycles. The Morgan fingerprint density at radius 1 is 0.344 bits per heavy atom. The number of nitrogens with zero attached hydrogens (tertiary/aromatic N) is 1. The molecule has 1 heterocycles. The normalized spacial score (nSPS) is 13.0. The van der Waals surface area contributed by atoms with Crippen LogP contribution in [0.2, 0.25) is 0 Å². The first-order valence-corrected chi connectivity index (χ1v) is 21.1. The lowest BCUT2D eigenvalue weighted by Gasteiger charge is -2.33. The molecule has 0 N–H and O–H groups in total. The highest BCUT2D eigenvalue weighted by Crippen LogP contribution is 2.63. The Kier molecular flexibility index (Phi) is 7.26. The van der Waals surface area contributed by atoms with Crippen LogP contribution in [0.1, 0.15) is 22.3 Å². The molecule has 2 heteroatoms. The molecular formula is C59H37NO. The van der Waals surface area contributed by atoms with Crippen LogP contribution in [0.25, 0.3) is 77.2 Å². The maximum Gasteiger partial charge on any atom is 0.136 e. The van der Waals surface area contributed by atoms with Gasteiger partial charge in [0.05, 0.1) is 11.1 Å². The Morgan fingerprint density at radius 2 is 0.852 bits per heavy atom. The fraction of sp³-hybridized carbons (Fsp3) is 0.0169. The van der Waals surface area contributed by atoms with Gasteiger partial charge >= 0.3 is 0 Å². The quantitative estimate of drug-likeness (QED) is 0.173. The van der Waals surface area contributed by atoms with Gasteiger partial charge in [-0.1, -0.05) is 176 Å². The summed E-state index contributed by atoms with van der Waals surface area (Å²) >= 11 is 0. The van der Waals surface area contributed by atoms with Crippen LogP contribution in [0.4, 0.5) is 17.1 Å². The molecule has 2 aliphatic rings. The van der Waals surface area contributed by atoms with E-state index in [2.05, 4.69) is 229 Å². The molecule has 0 radical (unpaired) electrons. The van der Waals surface area contributed by atoms with Gasteiger partial charge < -0.3 is 9.32 Å². The van der Waals surface area contributed by atoms with E-state index >= 15 is 0 Å². The molecule has 0 aliphatic heterocycles. The lowest BCUT2D eigenvalue weighted by atomic mass is 9.70. The van der Waals surface area contributed by atoms with Crippen LogP contribution < -0.4 is 4.90 Å². The Hall–Kier alpha value is -7.94. The zero-order valence-electron chi connectivity index (χ0n) is 33.2. The first-order valence-electron chi connectivity index (χ1n) is 21.1. The van der Waals surface area contributed by atoms with Gasteiger partial charge in [0.25, 0.3) is 0 Å². The second-order valence-corrected chi connectivity index (χ2v) is 16.4. The van der Waals surface area contributed by atoms with E-state index in [-0.39, 0.29) is 0 Å². The minimum Gasteiger partial charge on any atom is -0.456 e. The maximum atomic E-state index is 6.74. The van der Waals surface area contributed by atoms with E-state index in [1.165, 1.54) is 66.4 Å². The molecule has 1 spiro atoms. The predicted molar refractivity (Wildman–Crippen MR) is 253 cm³/mol.